The van der Waals surface area contributed by atoms with Gasteiger partial charge in [-0.3, -0.25) is 0 Å². The summed E-state index contributed by atoms with van der Waals surface area (Å²) in [7, 11) is 3.13. The fourth-order valence-corrected chi connectivity index (χ4v) is 1.57. The standard InChI is InChI=1S/C12H17FN2O2S/c1-16-7-3-6-14-12(18)15-10-5-4-9(13)8-11(10)17-2/h4-5,8H,3,6-7H2,1-2H3,(H2,14,15,18). The highest BCUT2D eigenvalue weighted by Crippen LogP contribution is 2.24. The average Bonchev–Trinajstić information content (AvgIpc) is 2.37. The Labute approximate surface area is 111 Å². The lowest BCUT2D eigenvalue weighted by Gasteiger charge is -2.13. The number of benzene rings is 1. The van der Waals surface area contributed by atoms with Crippen LogP contribution < -0.4 is 15.4 Å². The number of nitrogens with one attached hydrogen (secondary N) is 2. The van der Waals surface area contributed by atoms with Gasteiger partial charge in [-0.05, 0) is 30.8 Å². The van der Waals surface area contributed by atoms with E-state index in [1.165, 1.54) is 19.2 Å². The van der Waals surface area contributed by atoms with Crippen molar-refractivity contribution in [3.63, 3.8) is 0 Å². The van der Waals surface area contributed by atoms with Crippen molar-refractivity contribution in [2.24, 2.45) is 0 Å². The number of halogens is 1. The molecule has 0 aliphatic carbocycles. The molecule has 18 heavy (non-hydrogen) atoms. The molecule has 0 aromatic heterocycles. The van der Waals surface area contributed by atoms with E-state index in [0.717, 1.165) is 6.42 Å². The lowest BCUT2D eigenvalue weighted by Crippen LogP contribution is -2.29. The number of rotatable bonds is 6. The highest BCUT2D eigenvalue weighted by Gasteiger charge is 2.05. The molecule has 0 amide bonds. The Hall–Kier alpha value is -1.40. The van der Waals surface area contributed by atoms with Gasteiger partial charge in [0.05, 0.1) is 12.8 Å². The molecule has 1 rings (SSSR count). The monoisotopic (exact) mass is 272 g/mol. The summed E-state index contributed by atoms with van der Waals surface area (Å²) in [4.78, 5) is 0. The van der Waals surface area contributed by atoms with Gasteiger partial charge in [0.1, 0.15) is 11.6 Å². The fourth-order valence-electron chi connectivity index (χ4n) is 1.35. The van der Waals surface area contributed by atoms with Crippen LogP contribution in [0.5, 0.6) is 5.75 Å². The summed E-state index contributed by atoms with van der Waals surface area (Å²) in [5.41, 5.74) is 0.628. The van der Waals surface area contributed by atoms with Crippen LogP contribution in [0.2, 0.25) is 0 Å². The number of hydrogen-bond acceptors (Lipinski definition) is 3. The summed E-state index contributed by atoms with van der Waals surface area (Å²) in [6.45, 7) is 1.39. The first-order valence-electron chi connectivity index (χ1n) is 5.54. The molecular weight excluding hydrogens is 255 g/mol. The van der Waals surface area contributed by atoms with E-state index in [0.29, 0.717) is 29.7 Å². The SMILES string of the molecule is COCCCNC(=S)Nc1ccc(F)cc1OC. The zero-order valence-corrected chi connectivity index (χ0v) is 11.3. The lowest BCUT2D eigenvalue weighted by molar-refractivity contribution is 0.196. The van der Waals surface area contributed by atoms with E-state index in [4.69, 9.17) is 21.7 Å². The second kappa shape index (κ2) is 7.84. The molecule has 0 saturated carbocycles. The molecule has 0 spiro atoms. The topological polar surface area (TPSA) is 42.5 Å². The quantitative estimate of drug-likeness (QED) is 0.613. The van der Waals surface area contributed by atoms with E-state index < -0.39 is 0 Å². The molecule has 0 fully saturated rings. The van der Waals surface area contributed by atoms with E-state index in [1.54, 1.807) is 13.2 Å². The number of thiocarbonyl (C=S) groups is 1. The van der Waals surface area contributed by atoms with Crippen molar-refractivity contribution in [2.45, 2.75) is 6.42 Å². The second-order valence-corrected chi connectivity index (χ2v) is 3.98. The molecule has 0 saturated heterocycles. The van der Waals surface area contributed by atoms with Crippen LogP contribution in [0.25, 0.3) is 0 Å². The van der Waals surface area contributed by atoms with Crippen molar-refractivity contribution >= 4 is 23.0 Å². The minimum atomic E-state index is -0.351. The van der Waals surface area contributed by atoms with Crippen molar-refractivity contribution < 1.29 is 13.9 Å². The first-order chi connectivity index (χ1) is 8.67. The van der Waals surface area contributed by atoms with E-state index in [9.17, 15) is 4.39 Å². The molecular formula is C12H17FN2O2S. The van der Waals surface area contributed by atoms with Gasteiger partial charge in [-0.25, -0.2) is 4.39 Å². The van der Waals surface area contributed by atoms with Crippen LogP contribution in [-0.2, 0) is 4.74 Å². The number of hydrogen-bond donors (Lipinski definition) is 2. The van der Waals surface area contributed by atoms with Crippen LogP contribution >= 0.6 is 12.2 Å². The van der Waals surface area contributed by atoms with Gasteiger partial charge in [-0.15, -0.1) is 0 Å². The minimum absolute atomic E-state index is 0.351. The molecule has 0 aliphatic heterocycles. The van der Waals surface area contributed by atoms with Crippen LogP contribution in [0, 0.1) is 5.82 Å². The third kappa shape index (κ3) is 4.85. The summed E-state index contributed by atoms with van der Waals surface area (Å²) in [6.07, 6.45) is 0.860. The first-order valence-corrected chi connectivity index (χ1v) is 5.95. The molecule has 4 nitrogen and oxygen atoms in total. The molecule has 0 aliphatic rings. The molecule has 0 heterocycles. The largest absolute Gasteiger partial charge is 0.494 e. The molecule has 0 bridgehead atoms. The zero-order valence-electron chi connectivity index (χ0n) is 10.5. The molecule has 0 radical (unpaired) electrons. The van der Waals surface area contributed by atoms with E-state index in [2.05, 4.69) is 10.6 Å². The fraction of sp³-hybridized carbons (Fsp3) is 0.417. The maximum absolute atomic E-state index is 13.0. The molecule has 1 aromatic rings. The van der Waals surface area contributed by atoms with Crippen LogP contribution in [0.1, 0.15) is 6.42 Å². The molecule has 1 aromatic carbocycles. The third-order valence-electron chi connectivity index (χ3n) is 2.22. The van der Waals surface area contributed by atoms with E-state index in [1.807, 2.05) is 0 Å². The Morgan fingerprint density at radius 3 is 2.83 bits per heavy atom. The van der Waals surface area contributed by atoms with Gasteiger partial charge in [0.25, 0.3) is 0 Å². The van der Waals surface area contributed by atoms with Crippen LogP contribution in [0.4, 0.5) is 10.1 Å². The van der Waals surface area contributed by atoms with Crippen LogP contribution in [-0.4, -0.2) is 32.5 Å². The Kier molecular flexibility index (Phi) is 6.38. The van der Waals surface area contributed by atoms with E-state index in [-0.39, 0.29) is 5.82 Å². The van der Waals surface area contributed by atoms with Gasteiger partial charge >= 0.3 is 0 Å². The summed E-state index contributed by atoms with van der Waals surface area (Å²) in [6, 6.07) is 4.23. The Morgan fingerprint density at radius 2 is 2.17 bits per heavy atom. The van der Waals surface area contributed by atoms with Crippen molar-refractivity contribution in [1.82, 2.24) is 5.32 Å². The third-order valence-corrected chi connectivity index (χ3v) is 2.47. The van der Waals surface area contributed by atoms with Crippen molar-refractivity contribution in [3.8, 4) is 5.75 Å². The summed E-state index contributed by atoms with van der Waals surface area (Å²) in [5, 5.41) is 6.44. The Balaban J connectivity index is 2.48. The van der Waals surface area contributed by atoms with Gasteiger partial charge in [0.2, 0.25) is 0 Å². The van der Waals surface area contributed by atoms with Crippen molar-refractivity contribution in [1.29, 1.82) is 0 Å². The highest BCUT2D eigenvalue weighted by molar-refractivity contribution is 7.80. The predicted molar refractivity (Wildman–Crippen MR) is 73.7 cm³/mol. The normalized spacial score (nSPS) is 9.94. The van der Waals surface area contributed by atoms with E-state index >= 15 is 0 Å². The molecule has 2 N–H and O–H groups in total. The number of methoxy groups -OCH3 is 2. The maximum Gasteiger partial charge on any atom is 0.170 e. The summed E-state index contributed by atoms with van der Waals surface area (Å²) < 4.78 is 23.0. The lowest BCUT2D eigenvalue weighted by atomic mass is 10.3. The van der Waals surface area contributed by atoms with Gasteiger partial charge in [-0.1, -0.05) is 0 Å². The zero-order chi connectivity index (χ0) is 13.4. The smallest absolute Gasteiger partial charge is 0.170 e. The van der Waals surface area contributed by atoms with Crippen molar-refractivity contribution in [3.05, 3.63) is 24.0 Å². The van der Waals surface area contributed by atoms with Crippen LogP contribution in [0.3, 0.4) is 0 Å². The Morgan fingerprint density at radius 1 is 1.39 bits per heavy atom. The van der Waals surface area contributed by atoms with Crippen LogP contribution in [0.15, 0.2) is 18.2 Å². The maximum atomic E-state index is 13.0. The van der Waals surface area contributed by atoms with Crippen molar-refractivity contribution in [2.75, 3.05) is 32.7 Å². The average molecular weight is 272 g/mol. The second-order valence-electron chi connectivity index (χ2n) is 3.57. The summed E-state index contributed by atoms with van der Waals surface area (Å²) >= 11 is 5.11. The van der Waals surface area contributed by atoms with Gasteiger partial charge in [0, 0.05) is 26.3 Å². The predicted octanol–water partition coefficient (Wildman–Crippen LogP) is 2.16. The molecule has 6 heteroatoms. The van der Waals surface area contributed by atoms with Gasteiger partial charge < -0.3 is 20.1 Å². The van der Waals surface area contributed by atoms with Gasteiger partial charge in [0.15, 0.2) is 5.11 Å². The number of anilines is 1. The first kappa shape index (κ1) is 14.7. The molecule has 0 atom stereocenters. The Bertz CT molecular complexity index is 402. The molecule has 100 valence electrons. The van der Waals surface area contributed by atoms with Gasteiger partial charge in [-0.2, -0.15) is 0 Å². The molecule has 0 unspecified atom stereocenters. The number of ether oxygens (including phenoxy) is 2. The highest BCUT2D eigenvalue weighted by atomic mass is 32.1. The minimum Gasteiger partial charge on any atom is -0.494 e. The summed E-state index contributed by atoms with van der Waals surface area (Å²) in [5.74, 6) is 0.0624.